The highest BCUT2D eigenvalue weighted by molar-refractivity contribution is 6.02. The summed E-state index contributed by atoms with van der Waals surface area (Å²) in [6, 6.07) is 6.05. The number of carbonyl (C=O) groups excluding carboxylic acids is 1. The average molecular weight is 365 g/mol. The number of nitrogens with one attached hydrogen (secondary N) is 1. The number of benzene rings is 2. The highest BCUT2D eigenvalue weighted by Gasteiger charge is 2.11. The van der Waals surface area contributed by atoms with Gasteiger partial charge >= 0.3 is 0 Å². The molecule has 26 heavy (non-hydrogen) atoms. The first-order valence-electron chi connectivity index (χ1n) is 7.89. The van der Waals surface area contributed by atoms with Crippen molar-refractivity contribution in [1.82, 2.24) is 0 Å². The van der Waals surface area contributed by atoms with Gasteiger partial charge in [0.05, 0.1) is 19.4 Å². The van der Waals surface area contributed by atoms with Crippen LogP contribution in [0.4, 0.5) is 18.9 Å². The number of hydrogen-bond acceptors (Lipinski definition) is 3. The first-order valence-corrected chi connectivity index (χ1v) is 7.89. The maximum Gasteiger partial charge on any atom is 0.248 e. The largest absolute Gasteiger partial charge is 0.493 e. The van der Waals surface area contributed by atoms with Crippen LogP contribution in [-0.2, 0) is 4.79 Å². The molecule has 0 aliphatic heterocycles. The van der Waals surface area contributed by atoms with Gasteiger partial charge in [0.15, 0.2) is 23.1 Å². The van der Waals surface area contributed by atoms with Gasteiger partial charge in [-0.2, -0.15) is 0 Å². The molecule has 2 aromatic carbocycles. The number of anilines is 1. The second-order valence-corrected chi connectivity index (χ2v) is 5.33. The molecule has 0 aliphatic carbocycles. The standard InChI is InChI=1S/C19H18F3NO3/c1-3-8-26-17-6-4-12(9-18(17)25-2)5-7-19(24)23-16-11-14(21)13(20)10-15(16)22/h4-7,9-11H,3,8H2,1-2H3,(H,23,24)/b7-5+. The average Bonchev–Trinajstić information content (AvgIpc) is 2.63. The minimum atomic E-state index is -1.33. The molecule has 2 aromatic rings. The summed E-state index contributed by atoms with van der Waals surface area (Å²) >= 11 is 0. The van der Waals surface area contributed by atoms with Gasteiger partial charge in [-0.05, 0) is 30.2 Å². The van der Waals surface area contributed by atoms with Crippen LogP contribution >= 0.6 is 0 Å². The zero-order chi connectivity index (χ0) is 19.1. The molecule has 0 atom stereocenters. The number of carbonyl (C=O) groups is 1. The van der Waals surface area contributed by atoms with Crippen LogP contribution in [0.25, 0.3) is 6.08 Å². The first-order chi connectivity index (χ1) is 12.4. The third kappa shape index (κ3) is 5.02. The van der Waals surface area contributed by atoms with Crippen LogP contribution in [0, 0.1) is 17.5 Å². The van der Waals surface area contributed by atoms with E-state index < -0.39 is 29.0 Å². The Kier molecular flexibility index (Phi) is 6.66. The van der Waals surface area contributed by atoms with Crippen molar-refractivity contribution < 1.29 is 27.4 Å². The number of methoxy groups -OCH3 is 1. The van der Waals surface area contributed by atoms with E-state index in [4.69, 9.17) is 9.47 Å². The Labute approximate surface area is 149 Å². The van der Waals surface area contributed by atoms with Gasteiger partial charge in [-0.1, -0.05) is 13.0 Å². The van der Waals surface area contributed by atoms with E-state index in [0.717, 1.165) is 12.5 Å². The van der Waals surface area contributed by atoms with Crippen LogP contribution in [0.15, 0.2) is 36.4 Å². The van der Waals surface area contributed by atoms with E-state index in [9.17, 15) is 18.0 Å². The molecule has 7 heteroatoms. The first kappa shape index (κ1) is 19.4. The van der Waals surface area contributed by atoms with Crippen molar-refractivity contribution in [3.8, 4) is 11.5 Å². The molecule has 138 valence electrons. The van der Waals surface area contributed by atoms with Gasteiger partial charge in [0.25, 0.3) is 0 Å². The maximum absolute atomic E-state index is 13.5. The minimum Gasteiger partial charge on any atom is -0.493 e. The molecule has 0 unspecified atom stereocenters. The third-order valence-corrected chi connectivity index (χ3v) is 3.34. The van der Waals surface area contributed by atoms with Gasteiger partial charge in [-0.3, -0.25) is 4.79 Å². The molecule has 0 saturated heterocycles. The zero-order valence-corrected chi connectivity index (χ0v) is 14.3. The fourth-order valence-electron chi connectivity index (χ4n) is 2.08. The zero-order valence-electron chi connectivity index (χ0n) is 14.3. The van der Waals surface area contributed by atoms with E-state index in [1.165, 1.54) is 13.2 Å². The summed E-state index contributed by atoms with van der Waals surface area (Å²) in [4.78, 5) is 11.9. The molecule has 0 aliphatic rings. The summed E-state index contributed by atoms with van der Waals surface area (Å²) in [6.45, 7) is 2.53. The van der Waals surface area contributed by atoms with Gasteiger partial charge in [-0.25, -0.2) is 13.2 Å². The second-order valence-electron chi connectivity index (χ2n) is 5.33. The van der Waals surface area contributed by atoms with Gasteiger partial charge < -0.3 is 14.8 Å². The lowest BCUT2D eigenvalue weighted by Gasteiger charge is -2.10. The third-order valence-electron chi connectivity index (χ3n) is 3.34. The predicted octanol–water partition coefficient (Wildman–Crippen LogP) is 4.55. The Morgan fingerprint density at radius 2 is 1.81 bits per heavy atom. The Bertz CT molecular complexity index is 822. The van der Waals surface area contributed by atoms with Crippen LogP contribution in [0.3, 0.4) is 0 Å². The van der Waals surface area contributed by atoms with Gasteiger partial charge in [0, 0.05) is 18.2 Å². The Balaban J connectivity index is 2.09. The van der Waals surface area contributed by atoms with E-state index in [-0.39, 0.29) is 0 Å². The number of hydrogen-bond donors (Lipinski definition) is 1. The molecule has 0 aromatic heterocycles. The normalized spacial score (nSPS) is 10.8. The summed E-state index contributed by atoms with van der Waals surface area (Å²) in [7, 11) is 1.50. The molecule has 0 fully saturated rings. The van der Waals surface area contributed by atoms with Crippen molar-refractivity contribution in [2.45, 2.75) is 13.3 Å². The van der Waals surface area contributed by atoms with Crippen LogP contribution in [-0.4, -0.2) is 19.6 Å². The maximum atomic E-state index is 13.5. The fourth-order valence-corrected chi connectivity index (χ4v) is 2.08. The summed E-state index contributed by atoms with van der Waals surface area (Å²) in [5, 5.41) is 2.15. The van der Waals surface area contributed by atoms with E-state index in [0.29, 0.717) is 35.8 Å². The van der Waals surface area contributed by atoms with Crippen molar-refractivity contribution in [3.63, 3.8) is 0 Å². The van der Waals surface area contributed by atoms with Crippen LogP contribution in [0.5, 0.6) is 11.5 Å². The molecule has 1 N–H and O–H groups in total. The van der Waals surface area contributed by atoms with Crippen LogP contribution in [0.2, 0.25) is 0 Å². The van der Waals surface area contributed by atoms with Crippen molar-refractivity contribution in [2.75, 3.05) is 19.0 Å². The highest BCUT2D eigenvalue weighted by atomic mass is 19.2. The quantitative estimate of drug-likeness (QED) is 0.578. The lowest BCUT2D eigenvalue weighted by atomic mass is 10.2. The van der Waals surface area contributed by atoms with E-state index in [1.54, 1.807) is 18.2 Å². The number of halogens is 3. The van der Waals surface area contributed by atoms with Crippen molar-refractivity contribution in [1.29, 1.82) is 0 Å². The molecule has 0 bridgehead atoms. The number of amides is 1. The number of ether oxygens (including phenoxy) is 2. The topological polar surface area (TPSA) is 47.6 Å². The smallest absolute Gasteiger partial charge is 0.248 e. The monoisotopic (exact) mass is 365 g/mol. The van der Waals surface area contributed by atoms with Crippen molar-refractivity contribution in [2.24, 2.45) is 0 Å². The fraction of sp³-hybridized carbons (Fsp3) is 0.211. The highest BCUT2D eigenvalue weighted by Crippen LogP contribution is 2.28. The SMILES string of the molecule is CCCOc1ccc(/C=C/C(=O)Nc2cc(F)c(F)cc2F)cc1OC. The predicted molar refractivity (Wildman–Crippen MR) is 92.8 cm³/mol. The molecule has 0 heterocycles. The summed E-state index contributed by atoms with van der Waals surface area (Å²) in [6.07, 6.45) is 3.47. The minimum absolute atomic E-state index is 0.370. The lowest BCUT2D eigenvalue weighted by molar-refractivity contribution is -0.111. The van der Waals surface area contributed by atoms with E-state index in [1.807, 2.05) is 6.92 Å². The summed E-state index contributed by atoms with van der Waals surface area (Å²) in [5.41, 5.74) is 0.200. The van der Waals surface area contributed by atoms with E-state index >= 15 is 0 Å². The molecule has 4 nitrogen and oxygen atoms in total. The molecule has 0 spiro atoms. The van der Waals surface area contributed by atoms with Crippen LogP contribution < -0.4 is 14.8 Å². The Morgan fingerprint density at radius 3 is 2.50 bits per heavy atom. The molecule has 1 amide bonds. The van der Waals surface area contributed by atoms with Gasteiger partial charge in [-0.15, -0.1) is 0 Å². The molecular formula is C19H18F3NO3. The van der Waals surface area contributed by atoms with Crippen LogP contribution in [0.1, 0.15) is 18.9 Å². The van der Waals surface area contributed by atoms with Gasteiger partial charge in [0.2, 0.25) is 5.91 Å². The van der Waals surface area contributed by atoms with E-state index in [2.05, 4.69) is 5.32 Å². The molecule has 2 rings (SSSR count). The number of rotatable bonds is 7. The molecule has 0 saturated carbocycles. The van der Waals surface area contributed by atoms with Gasteiger partial charge in [0.1, 0.15) is 5.82 Å². The summed E-state index contributed by atoms with van der Waals surface area (Å²) in [5.74, 6) is -3.25. The second kappa shape index (κ2) is 8.94. The Morgan fingerprint density at radius 1 is 1.08 bits per heavy atom. The Hall–Kier alpha value is -2.96. The van der Waals surface area contributed by atoms with Crippen molar-refractivity contribution in [3.05, 3.63) is 59.4 Å². The summed E-state index contributed by atoms with van der Waals surface area (Å²) < 4.78 is 50.3. The van der Waals surface area contributed by atoms with Crippen molar-refractivity contribution >= 4 is 17.7 Å². The lowest BCUT2D eigenvalue weighted by Crippen LogP contribution is -2.10. The molecule has 0 radical (unpaired) electrons. The molecular weight excluding hydrogens is 347 g/mol.